The van der Waals surface area contributed by atoms with Gasteiger partial charge in [-0.2, -0.15) is 5.26 Å². The number of ether oxygens (including phenoxy) is 2. The molecule has 0 atom stereocenters. The smallest absolute Gasteiger partial charge is 0.504 e. The van der Waals surface area contributed by atoms with E-state index in [-0.39, 0.29) is 47.0 Å². The molecule has 10 heteroatoms. The van der Waals surface area contributed by atoms with Gasteiger partial charge in [-0.05, 0) is 24.6 Å². The number of hydrogen-bond acceptors (Lipinski definition) is 7. The fourth-order valence-electron chi connectivity index (χ4n) is 3.22. The summed E-state index contributed by atoms with van der Waals surface area (Å²) < 4.78 is 47.2. The average molecular weight is 458 g/mol. The van der Waals surface area contributed by atoms with Crippen molar-refractivity contribution in [3.8, 4) is 28.7 Å². The molecule has 7 nitrogen and oxygen atoms in total. The number of carbonyl (C=O) groups is 2. The number of hydrogen-bond donors (Lipinski definition) is 1. The van der Waals surface area contributed by atoms with E-state index in [1.807, 2.05) is 6.07 Å². The molecule has 0 radical (unpaired) electrons. The predicted molar refractivity (Wildman–Crippen MR) is 110 cm³/mol. The van der Waals surface area contributed by atoms with E-state index < -0.39 is 35.3 Å². The molecule has 0 spiro atoms. The summed E-state index contributed by atoms with van der Waals surface area (Å²) in [6.45, 7) is 1.76. The maximum Gasteiger partial charge on any atom is 0.573 e. The molecule has 1 aromatic heterocycles. The number of Topliss-reactive ketones (excluding diaryl/α,β-unsaturated/α-hetero) is 1. The van der Waals surface area contributed by atoms with Crippen LogP contribution in [0.2, 0.25) is 0 Å². The zero-order chi connectivity index (χ0) is 24.2. The number of ketones is 1. The Labute approximate surface area is 186 Å². The Morgan fingerprint density at radius 1 is 1.15 bits per heavy atom. The van der Waals surface area contributed by atoms with Gasteiger partial charge in [0, 0.05) is 17.4 Å². The lowest BCUT2D eigenvalue weighted by Gasteiger charge is -2.14. The van der Waals surface area contributed by atoms with E-state index >= 15 is 0 Å². The Morgan fingerprint density at radius 3 is 2.55 bits per heavy atom. The first-order chi connectivity index (χ1) is 15.6. The van der Waals surface area contributed by atoms with Gasteiger partial charge in [-0.15, -0.1) is 13.2 Å². The second kappa shape index (κ2) is 9.56. The Morgan fingerprint density at radius 2 is 1.88 bits per heavy atom. The minimum absolute atomic E-state index is 0.100. The number of pyridine rings is 1. The molecule has 0 aliphatic heterocycles. The molecule has 0 saturated carbocycles. The van der Waals surface area contributed by atoms with Crippen LogP contribution in [0.15, 0.2) is 42.5 Å². The summed E-state index contributed by atoms with van der Waals surface area (Å²) in [6, 6.07) is 11.5. The van der Waals surface area contributed by atoms with Gasteiger partial charge < -0.3 is 14.6 Å². The quantitative estimate of drug-likeness (QED) is 0.396. The summed E-state index contributed by atoms with van der Waals surface area (Å²) in [4.78, 5) is 28.2. The minimum atomic E-state index is -4.90. The number of nitriles is 1. The Balaban J connectivity index is 2.07. The van der Waals surface area contributed by atoms with Gasteiger partial charge in [-0.25, -0.2) is 4.98 Å². The number of para-hydroxylation sites is 1. The average Bonchev–Trinajstić information content (AvgIpc) is 2.76. The molecule has 0 saturated heterocycles. The van der Waals surface area contributed by atoms with Crippen LogP contribution in [0, 0.1) is 11.3 Å². The van der Waals surface area contributed by atoms with Gasteiger partial charge >= 0.3 is 12.3 Å². The van der Waals surface area contributed by atoms with Crippen molar-refractivity contribution in [3.63, 3.8) is 0 Å². The van der Waals surface area contributed by atoms with E-state index in [9.17, 15) is 33.1 Å². The lowest BCUT2D eigenvalue weighted by molar-refractivity contribution is -0.274. The SMILES string of the molecule is CCOC(=O)CCC(=O)c1nc2cc(-c3ccccc3OC(F)(F)F)ccc2c(C#N)c1O. The zero-order valence-electron chi connectivity index (χ0n) is 17.3. The van der Waals surface area contributed by atoms with Crippen LogP contribution >= 0.6 is 0 Å². The van der Waals surface area contributed by atoms with Crippen molar-refractivity contribution in [2.45, 2.75) is 26.1 Å². The number of halogens is 3. The maximum absolute atomic E-state index is 12.8. The number of rotatable bonds is 7. The number of nitrogens with zero attached hydrogens (tertiary/aromatic N) is 2. The molecule has 1 heterocycles. The normalized spacial score (nSPS) is 11.1. The highest BCUT2D eigenvalue weighted by Gasteiger charge is 2.32. The number of esters is 1. The summed E-state index contributed by atoms with van der Waals surface area (Å²) >= 11 is 0. The highest BCUT2D eigenvalue weighted by atomic mass is 19.4. The van der Waals surface area contributed by atoms with E-state index in [0.717, 1.165) is 6.07 Å². The third-order valence-electron chi connectivity index (χ3n) is 4.62. The van der Waals surface area contributed by atoms with Crippen LogP contribution in [0.4, 0.5) is 13.2 Å². The molecule has 0 aliphatic carbocycles. The van der Waals surface area contributed by atoms with Gasteiger partial charge in [0.05, 0.1) is 18.5 Å². The predicted octanol–water partition coefficient (Wildman–Crippen LogP) is 4.90. The van der Waals surface area contributed by atoms with Crippen LogP contribution in [-0.4, -0.2) is 34.8 Å². The molecule has 0 unspecified atom stereocenters. The second-order valence-electron chi connectivity index (χ2n) is 6.80. The number of aromatic nitrogens is 1. The molecule has 0 fully saturated rings. The standard InChI is InChI=1S/C23H17F3N2O5/c1-2-32-20(30)10-9-18(29)21-22(31)16(12-27)15-8-7-13(11-17(15)28-21)14-5-3-4-6-19(14)33-23(24,25)26/h3-8,11,31H,2,9-10H2,1H3. The van der Waals surface area contributed by atoms with E-state index in [0.29, 0.717) is 0 Å². The topological polar surface area (TPSA) is 110 Å². The van der Waals surface area contributed by atoms with Gasteiger partial charge in [-0.1, -0.05) is 30.3 Å². The first-order valence-corrected chi connectivity index (χ1v) is 9.75. The molecular weight excluding hydrogens is 441 g/mol. The first kappa shape index (κ1) is 23.5. The van der Waals surface area contributed by atoms with E-state index in [1.54, 1.807) is 6.92 Å². The number of benzene rings is 2. The van der Waals surface area contributed by atoms with Crippen molar-refractivity contribution in [1.82, 2.24) is 4.98 Å². The summed E-state index contributed by atoms with van der Waals surface area (Å²) in [5.74, 6) is -2.36. The third-order valence-corrected chi connectivity index (χ3v) is 4.62. The summed E-state index contributed by atoms with van der Waals surface area (Å²) in [7, 11) is 0. The van der Waals surface area contributed by atoms with Crippen molar-refractivity contribution < 1.29 is 37.3 Å². The lowest BCUT2D eigenvalue weighted by atomic mass is 9.99. The first-order valence-electron chi connectivity index (χ1n) is 9.75. The number of fused-ring (bicyclic) bond motifs is 1. The van der Waals surface area contributed by atoms with Gasteiger partial charge in [-0.3, -0.25) is 9.59 Å². The minimum Gasteiger partial charge on any atom is -0.504 e. The molecule has 0 bridgehead atoms. The Kier molecular flexibility index (Phi) is 6.82. The van der Waals surface area contributed by atoms with Crippen LogP contribution < -0.4 is 4.74 Å². The van der Waals surface area contributed by atoms with E-state index in [2.05, 4.69) is 9.72 Å². The fraction of sp³-hybridized carbons (Fsp3) is 0.217. The van der Waals surface area contributed by atoms with Crippen LogP contribution in [0.1, 0.15) is 35.8 Å². The molecule has 170 valence electrons. The zero-order valence-corrected chi connectivity index (χ0v) is 17.3. The Bertz CT molecular complexity index is 1270. The number of alkyl halides is 3. The summed E-state index contributed by atoms with van der Waals surface area (Å²) in [5, 5.41) is 20.1. The fourth-order valence-corrected chi connectivity index (χ4v) is 3.22. The van der Waals surface area contributed by atoms with Gasteiger partial charge in [0.25, 0.3) is 0 Å². The molecule has 33 heavy (non-hydrogen) atoms. The van der Waals surface area contributed by atoms with Crippen molar-refractivity contribution in [2.24, 2.45) is 0 Å². The molecule has 0 aliphatic rings. The summed E-state index contributed by atoms with van der Waals surface area (Å²) in [5.41, 5.74) is -0.135. The highest BCUT2D eigenvalue weighted by molar-refractivity contribution is 6.03. The summed E-state index contributed by atoms with van der Waals surface area (Å²) in [6.07, 6.45) is -5.45. The lowest BCUT2D eigenvalue weighted by Crippen LogP contribution is -2.17. The van der Waals surface area contributed by atoms with E-state index in [4.69, 9.17) is 4.74 Å². The van der Waals surface area contributed by atoms with Crippen molar-refractivity contribution in [1.29, 1.82) is 5.26 Å². The maximum atomic E-state index is 12.8. The molecule has 2 aromatic carbocycles. The van der Waals surface area contributed by atoms with Crippen molar-refractivity contribution >= 4 is 22.7 Å². The molecular formula is C23H17F3N2O5. The molecule has 1 N–H and O–H groups in total. The van der Waals surface area contributed by atoms with Crippen LogP contribution in [0.3, 0.4) is 0 Å². The monoisotopic (exact) mass is 458 g/mol. The molecule has 0 amide bonds. The Hall–Kier alpha value is -4.13. The largest absolute Gasteiger partial charge is 0.573 e. The van der Waals surface area contributed by atoms with Gasteiger partial charge in [0.15, 0.2) is 11.5 Å². The molecule has 3 rings (SSSR count). The number of aromatic hydroxyl groups is 1. The van der Waals surface area contributed by atoms with Gasteiger partial charge in [0.1, 0.15) is 23.1 Å². The van der Waals surface area contributed by atoms with Crippen LogP contribution in [-0.2, 0) is 9.53 Å². The highest BCUT2D eigenvalue weighted by Crippen LogP contribution is 2.36. The van der Waals surface area contributed by atoms with Crippen LogP contribution in [0.25, 0.3) is 22.0 Å². The molecule has 3 aromatic rings. The number of carbonyl (C=O) groups excluding carboxylic acids is 2. The third kappa shape index (κ3) is 5.38. The second-order valence-corrected chi connectivity index (χ2v) is 6.80. The van der Waals surface area contributed by atoms with Gasteiger partial charge in [0.2, 0.25) is 0 Å². The van der Waals surface area contributed by atoms with E-state index in [1.165, 1.54) is 36.4 Å². The van der Waals surface area contributed by atoms with Crippen molar-refractivity contribution in [3.05, 3.63) is 53.7 Å². The van der Waals surface area contributed by atoms with Crippen LogP contribution in [0.5, 0.6) is 11.5 Å². The van der Waals surface area contributed by atoms with Crippen molar-refractivity contribution in [2.75, 3.05) is 6.61 Å².